The van der Waals surface area contributed by atoms with Gasteiger partial charge in [0.2, 0.25) is 0 Å². The second-order valence-corrected chi connectivity index (χ2v) is 11.0. The first-order valence-electron chi connectivity index (χ1n) is 13.2. The molecule has 0 spiro atoms. The third kappa shape index (κ3) is 5.78. The van der Waals surface area contributed by atoms with Gasteiger partial charge in [-0.05, 0) is 90.0 Å². The van der Waals surface area contributed by atoms with Crippen LogP contribution in [0.2, 0.25) is 0 Å². The van der Waals surface area contributed by atoms with Crippen molar-refractivity contribution in [1.29, 1.82) is 0 Å². The molecule has 0 aliphatic heterocycles. The number of hydrogen-bond donors (Lipinski definition) is 0. The number of rotatable bonds is 7. The summed E-state index contributed by atoms with van der Waals surface area (Å²) in [4.78, 5) is 2.51. The van der Waals surface area contributed by atoms with Crippen molar-refractivity contribution in [2.75, 3.05) is 4.90 Å². The summed E-state index contributed by atoms with van der Waals surface area (Å²) < 4.78 is 0. The van der Waals surface area contributed by atoms with Crippen molar-refractivity contribution in [2.45, 2.75) is 72.6 Å². The first kappa shape index (κ1) is 25.0. The van der Waals surface area contributed by atoms with E-state index in [1.807, 2.05) is 0 Å². The second-order valence-electron chi connectivity index (χ2n) is 11.0. The fraction of sp³-hybridized carbons (Fsp3) is 0.353. The highest BCUT2D eigenvalue weighted by molar-refractivity contribution is 5.78. The Balaban J connectivity index is 1.68. The van der Waals surface area contributed by atoms with E-state index in [1.165, 1.54) is 45.8 Å². The van der Waals surface area contributed by atoms with Gasteiger partial charge in [-0.25, -0.2) is 0 Å². The third-order valence-corrected chi connectivity index (χ3v) is 7.64. The molecule has 0 amide bonds. The van der Waals surface area contributed by atoms with Gasteiger partial charge in [0, 0.05) is 17.1 Å². The molecule has 2 aromatic carbocycles. The standard InChI is InChI=1S/C34H41N/c1-7-25(2)27-13-19-31(20-14-27)35(33-23-17-30(18-24-33)34(4,5)6)32-21-15-29(16-22-32)26(3)28-11-9-8-10-12-28/h8-15,17,19-21,23,25H,3,7,16,18,22,24H2,1-2,4-6H3. The molecule has 0 saturated heterocycles. The molecule has 0 aromatic heterocycles. The average Bonchev–Trinajstić information content (AvgIpc) is 2.89. The quantitative estimate of drug-likeness (QED) is 0.395. The summed E-state index contributed by atoms with van der Waals surface area (Å²) in [5.74, 6) is 0.590. The molecule has 0 radical (unpaired) electrons. The zero-order valence-corrected chi connectivity index (χ0v) is 22.3. The second kappa shape index (κ2) is 10.7. The fourth-order valence-corrected chi connectivity index (χ4v) is 5.03. The van der Waals surface area contributed by atoms with Crippen LogP contribution in [0.15, 0.2) is 108 Å². The third-order valence-electron chi connectivity index (χ3n) is 7.64. The van der Waals surface area contributed by atoms with Crippen molar-refractivity contribution < 1.29 is 0 Å². The summed E-state index contributed by atoms with van der Waals surface area (Å²) in [6.45, 7) is 15.9. The van der Waals surface area contributed by atoms with Crippen LogP contribution in [0.1, 0.15) is 83.8 Å². The van der Waals surface area contributed by atoms with E-state index in [0.717, 1.165) is 31.3 Å². The minimum Gasteiger partial charge on any atom is -0.318 e. The first-order chi connectivity index (χ1) is 16.8. The van der Waals surface area contributed by atoms with E-state index < -0.39 is 0 Å². The summed E-state index contributed by atoms with van der Waals surface area (Å²) in [6.07, 6.45) is 14.7. The molecule has 0 heterocycles. The number of allylic oxidation sites excluding steroid dienone is 9. The van der Waals surface area contributed by atoms with Crippen molar-refractivity contribution in [3.8, 4) is 0 Å². The molecule has 1 heteroatoms. The molecule has 0 N–H and O–H groups in total. The Hall–Kier alpha value is -3.06. The van der Waals surface area contributed by atoms with Crippen LogP contribution < -0.4 is 4.90 Å². The molecule has 35 heavy (non-hydrogen) atoms. The molecule has 2 aromatic rings. The molecule has 0 fully saturated rings. The highest BCUT2D eigenvalue weighted by Crippen LogP contribution is 2.39. The molecular weight excluding hydrogens is 422 g/mol. The fourth-order valence-electron chi connectivity index (χ4n) is 5.03. The topological polar surface area (TPSA) is 3.24 Å². The Morgan fingerprint density at radius 3 is 1.97 bits per heavy atom. The smallest absolute Gasteiger partial charge is 0.0455 e. The number of anilines is 1. The summed E-state index contributed by atoms with van der Waals surface area (Å²) in [5, 5.41) is 0. The molecule has 1 nitrogen and oxygen atoms in total. The summed E-state index contributed by atoms with van der Waals surface area (Å²) in [7, 11) is 0. The molecule has 4 rings (SSSR count). The molecule has 0 bridgehead atoms. The lowest BCUT2D eigenvalue weighted by molar-refractivity contribution is 0.478. The lowest BCUT2D eigenvalue weighted by atomic mass is 9.81. The maximum Gasteiger partial charge on any atom is 0.0455 e. The molecular formula is C34H41N. The van der Waals surface area contributed by atoms with Crippen LogP contribution in [0.25, 0.3) is 5.57 Å². The predicted octanol–water partition coefficient (Wildman–Crippen LogP) is 9.97. The Bertz CT molecular complexity index is 1160. The van der Waals surface area contributed by atoms with Gasteiger partial charge in [0.05, 0.1) is 0 Å². The number of nitrogens with zero attached hydrogens (tertiary/aromatic N) is 1. The minimum atomic E-state index is 0.227. The van der Waals surface area contributed by atoms with Gasteiger partial charge in [0.1, 0.15) is 0 Å². The van der Waals surface area contributed by atoms with Crippen molar-refractivity contribution in [1.82, 2.24) is 0 Å². The van der Waals surface area contributed by atoms with Crippen LogP contribution in [-0.2, 0) is 0 Å². The highest BCUT2D eigenvalue weighted by Gasteiger charge is 2.24. The van der Waals surface area contributed by atoms with Gasteiger partial charge < -0.3 is 4.90 Å². The predicted molar refractivity (Wildman–Crippen MR) is 153 cm³/mol. The maximum absolute atomic E-state index is 4.40. The normalized spacial score (nSPS) is 17.1. The van der Waals surface area contributed by atoms with Crippen LogP contribution in [0, 0.1) is 5.41 Å². The molecule has 0 saturated carbocycles. The van der Waals surface area contributed by atoms with Gasteiger partial charge >= 0.3 is 0 Å². The minimum absolute atomic E-state index is 0.227. The van der Waals surface area contributed by atoms with Gasteiger partial charge in [-0.3, -0.25) is 0 Å². The largest absolute Gasteiger partial charge is 0.318 e. The van der Waals surface area contributed by atoms with E-state index in [4.69, 9.17) is 0 Å². The van der Waals surface area contributed by atoms with Crippen molar-refractivity contribution in [2.24, 2.45) is 5.41 Å². The summed E-state index contributed by atoms with van der Waals surface area (Å²) in [5.41, 5.74) is 10.9. The van der Waals surface area contributed by atoms with Gasteiger partial charge in [0.25, 0.3) is 0 Å². The molecule has 2 aliphatic rings. The first-order valence-corrected chi connectivity index (χ1v) is 13.2. The van der Waals surface area contributed by atoms with Crippen LogP contribution in [0.5, 0.6) is 0 Å². The van der Waals surface area contributed by atoms with E-state index in [1.54, 1.807) is 0 Å². The van der Waals surface area contributed by atoms with Crippen LogP contribution in [0.3, 0.4) is 0 Å². The molecule has 1 unspecified atom stereocenters. The SMILES string of the molecule is C=C(C1=CC=C(N(C2=CC=C(C(C)(C)C)CC2)c2ccc(C(C)CC)cc2)CC1)c1ccccc1. The number of hydrogen-bond acceptors (Lipinski definition) is 1. The van der Waals surface area contributed by atoms with Crippen LogP contribution >= 0.6 is 0 Å². The Morgan fingerprint density at radius 1 is 0.829 bits per heavy atom. The monoisotopic (exact) mass is 463 g/mol. The van der Waals surface area contributed by atoms with Gasteiger partial charge in [-0.1, -0.05) is 101 Å². The van der Waals surface area contributed by atoms with E-state index in [9.17, 15) is 0 Å². The summed E-state index contributed by atoms with van der Waals surface area (Å²) >= 11 is 0. The summed E-state index contributed by atoms with van der Waals surface area (Å²) in [6, 6.07) is 19.8. The maximum atomic E-state index is 4.40. The van der Waals surface area contributed by atoms with Crippen LogP contribution in [0.4, 0.5) is 5.69 Å². The Labute approximate surface area is 213 Å². The van der Waals surface area contributed by atoms with Gasteiger partial charge in [0.15, 0.2) is 0 Å². The molecule has 1 atom stereocenters. The average molecular weight is 464 g/mol. The van der Waals surface area contributed by atoms with Gasteiger partial charge in [-0.2, -0.15) is 0 Å². The van der Waals surface area contributed by atoms with Crippen LogP contribution in [-0.4, -0.2) is 0 Å². The Morgan fingerprint density at radius 2 is 1.46 bits per heavy atom. The zero-order chi connectivity index (χ0) is 25.0. The van der Waals surface area contributed by atoms with Crippen molar-refractivity contribution >= 4 is 11.3 Å². The van der Waals surface area contributed by atoms with Crippen molar-refractivity contribution in [3.63, 3.8) is 0 Å². The number of benzene rings is 2. The van der Waals surface area contributed by atoms with E-state index in [2.05, 4.69) is 125 Å². The molecule has 2 aliphatic carbocycles. The lowest BCUT2D eigenvalue weighted by Crippen LogP contribution is -2.25. The van der Waals surface area contributed by atoms with Crippen molar-refractivity contribution in [3.05, 3.63) is 119 Å². The zero-order valence-electron chi connectivity index (χ0n) is 22.3. The Kier molecular flexibility index (Phi) is 7.65. The van der Waals surface area contributed by atoms with Gasteiger partial charge in [-0.15, -0.1) is 0 Å². The van der Waals surface area contributed by atoms with E-state index >= 15 is 0 Å². The lowest BCUT2D eigenvalue weighted by Gasteiger charge is -2.35. The highest BCUT2D eigenvalue weighted by atomic mass is 15.2. The van der Waals surface area contributed by atoms with E-state index in [0.29, 0.717) is 5.92 Å². The van der Waals surface area contributed by atoms with E-state index in [-0.39, 0.29) is 5.41 Å². The molecule has 182 valence electrons.